The third-order valence-corrected chi connectivity index (χ3v) is 3.73. The van der Waals surface area contributed by atoms with Crippen molar-refractivity contribution in [2.24, 2.45) is 0 Å². The zero-order valence-electron chi connectivity index (χ0n) is 15.3. The summed E-state index contributed by atoms with van der Waals surface area (Å²) in [5.41, 5.74) is 0. The first kappa shape index (κ1) is 18.7. The van der Waals surface area contributed by atoms with Gasteiger partial charge in [0.05, 0.1) is 33.3 Å². The fourth-order valence-corrected chi connectivity index (χ4v) is 2.64. The van der Waals surface area contributed by atoms with E-state index in [0.29, 0.717) is 35.0 Å². The molecule has 0 radical (unpaired) electrons. The van der Waals surface area contributed by atoms with Crippen molar-refractivity contribution < 1.29 is 28.5 Å². The van der Waals surface area contributed by atoms with Gasteiger partial charge < -0.3 is 23.7 Å². The summed E-state index contributed by atoms with van der Waals surface area (Å²) in [6.07, 6.45) is 1.91. The van der Waals surface area contributed by atoms with Gasteiger partial charge in [-0.15, -0.1) is 0 Å². The minimum Gasteiger partial charge on any atom is -0.496 e. The maximum absolute atomic E-state index is 11.6. The Hall–Kier alpha value is -2.63. The molecule has 0 saturated heterocycles. The summed E-state index contributed by atoms with van der Waals surface area (Å²) in [5.74, 6) is 1.55. The Kier molecular flexibility index (Phi) is 6.33. The van der Waals surface area contributed by atoms with E-state index >= 15 is 0 Å². The molecule has 0 N–H and O–H groups in total. The van der Waals surface area contributed by atoms with Gasteiger partial charge in [-0.3, -0.25) is 4.79 Å². The highest BCUT2D eigenvalue weighted by atomic mass is 16.6. The molecule has 0 fully saturated rings. The molecule has 6 heteroatoms. The van der Waals surface area contributed by atoms with E-state index in [4.69, 9.17) is 23.7 Å². The summed E-state index contributed by atoms with van der Waals surface area (Å²) < 4.78 is 27.9. The van der Waals surface area contributed by atoms with Gasteiger partial charge in [0.15, 0.2) is 11.5 Å². The Labute approximate surface area is 147 Å². The highest BCUT2D eigenvalue weighted by Crippen LogP contribution is 2.53. The van der Waals surface area contributed by atoms with E-state index in [1.54, 1.807) is 13.2 Å². The molecule has 0 aliphatic rings. The van der Waals surface area contributed by atoms with Crippen molar-refractivity contribution in [3.8, 4) is 28.7 Å². The second kappa shape index (κ2) is 8.46. The third kappa shape index (κ3) is 3.73. The minimum absolute atomic E-state index is 0.252. The number of methoxy groups -OCH3 is 3. The number of hydrogen-bond acceptors (Lipinski definition) is 6. The van der Waals surface area contributed by atoms with Crippen molar-refractivity contribution >= 4 is 16.7 Å². The molecule has 0 bridgehead atoms. The maximum atomic E-state index is 11.6. The molecule has 6 nitrogen and oxygen atoms in total. The maximum Gasteiger partial charge on any atom is 0.308 e. The number of rotatable bonds is 8. The lowest BCUT2D eigenvalue weighted by Gasteiger charge is -2.20. The first-order valence-corrected chi connectivity index (χ1v) is 8.14. The van der Waals surface area contributed by atoms with Crippen molar-refractivity contribution in [2.75, 3.05) is 27.9 Å². The lowest BCUT2D eigenvalue weighted by atomic mass is 10.1. The summed E-state index contributed by atoms with van der Waals surface area (Å²) in [6, 6.07) is 5.50. The van der Waals surface area contributed by atoms with Crippen molar-refractivity contribution in [1.82, 2.24) is 0 Å². The SMILES string of the molecule is CCCCOc1c(OC)c(OC)c(OC(C)=O)c2c(OC)cccc12. The quantitative estimate of drug-likeness (QED) is 0.409. The van der Waals surface area contributed by atoms with E-state index in [9.17, 15) is 4.79 Å². The summed E-state index contributed by atoms with van der Waals surface area (Å²) >= 11 is 0. The molecule has 0 atom stereocenters. The Balaban J connectivity index is 2.84. The van der Waals surface area contributed by atoms with E-state index in [1.807, 2.05) is 12.1 Å². The zero-order valence-corrected chi connectivity index (χ0v) is 15.3. The van der Waals surface area contributed by atoms with Crippen LogP contribution < -0.4 is 23.7 Å². The summed E-state index contributed by atoms with van der Waals surface area (Å²) in [5, 5.41) is 1.33. The number of carbonyl (C=O) groups excluding carboxylic acids is 1. The van der Waals surface area contributed by atoms with Gasteiger partial charge in [0.1, 0.15) is 5.75 Å². The van der Waals surface area contributed by atoms with Gasteiger partial charge >= 0.3 is 5.97 Å². The molecular weight excluding hydrogens is 324 g/mol. The van der Waals surface area contributed by atoms with Gasteiger partial charge in [-0.25, -0.2) is 0 Å². The van der Waals surface area contributed by atoms with Crippen LogP contribution in [0.1, 0.15) is 26.7 Å². The molecule has 2 rings (SSSR count). The number of hydrogen-bond donors (Lipinski definition) is 0. The number of ether oxygens (including phenoxy) is 5. The van der Waals surface area contributed by atoms with Crippen LogP contribution in [0.3, 0.4) is 0 Å². The van der Waals surface area contributed by atoms with Crippen molar-refractivity contribution in [2.45, 2.75) is 26.7 Å². The Bertz CT molecular complexity index is 753. The second-order valence-corrected chi connectivity index (χ2v) is 5.40. The van der Waals surface area contributed by atoms with Gasteiger partial charge in [0, 0.05) is 12.3 Å². The first-order valence-electron chi connectivity index (χ1n) is 8.14. The lowest BCUT2D eigenvalue weighted by Crippen LogP contribution is -2.07. The third-order valence-electron chi connectivity index (χ3n) is 3.73. The highest BCUT2D eigenvalue weighted by Gasteiger charge is 2.26. The molecule has 0 spiro atoms. The second-order valence-electron chi connectivity index (χ2n) is 5.40. The van der Waals surface area contributed by atoms with Crippen LogP contribution in [0.2, 0.25) is 0 Å². The van der Waals surface area contributed by atoms with Crippen molar-refractivity contribution in [3.05, 3.63) is 18.2 Å². The number of esters is 1. The van der Waals surface area contributed by atoms with Crippen LogP contribution in [-0.4, -0.2) is 33.9 Å². The standard InChI is InChI=1S/C19H24O6/c1-6-7-11-24-16-13-9-8-10-14(21-3)15(13)17(25-12(2)20)19(23-5)18(16)22-4/h8-10H,6-7,11H2,1-5H3. The fourth-order valence-electron chi connectivity index (χ4n) is 2.64. The molecule has 0 saturated carbocycles. The Morgan fingerprint density at radius 1 is 0.960 bits per heavy atom. The largest absolute Gasteiger partial charge is 0.496 e. The number of benzene rings is 2. The van der Waals surface area contributed by atoms with Gasteiger partial charge in [0.25, 0.3) is 0 Å². The topological polar surface area (TPSA) is 63.2 Å². The number of fused-ring (bicyclic) bond motifs is 1. The van der Waals surface area contributed by atoms with Gasteiger partial charge in [0.2, 0.25) is 11.5 Å². The van der Waals surface area contributed by atoms with Crippen molar-refractivity contribution in [3.63, 3.8) is 0 Å². The molecule has 136 valence electrons. The average Bonchev–Trinajstić information content (AvgIpc) is 2.61. The Morgan fingerprint density at radius 2 is 1.64 bits per heavy atom. The van der Waals surface area contributed by atoms with Crippen LogP contribution in [0, 0.1) is 0 Å². The van der Waals surface area contributed by atoms with E-state index in [1.165, 1.54) is 21.1 Å². The summed E-state index contributed by atoms with van der Waals surface area (Å²) in [7, 11) is 4.57. The molecule has 2 aromatic carbocycles. The summed E-state index contributed by atoms with van der Waals surface area (Å²) in [6.45, 7) is 3.96. The normalized spacial score (nSPS) is 10.4. The van der Waals surface area contributed by atoms with Crippen molar-refractivity contribution in [1.29, 1.82) is 0 Å². The van der Waals surface area contributed by atoms with Crippen LogP contribution in [0.5, 0.6) is 28.7 Å². The molecule has 0 aliphatic carbocycles. The lowest BCUT2D eigenvalue weighted by molar-refractivity contribution is -0.131. The Morgan fingerprint density at radius 3 is 2.20 bits per heavy atom. The molecule has 0 aromatic heterocycles. The monoisotopic (exact) mass is 348 g/mol. The van der Waals surface area contributed by atoms with Crippen LogP contribution in [-0.2, 0) is 4.79 Å². The van der Waals surface area contributed by atoms with E-state index in [0.717, 1.165) is 18.2 Å². The molecule has 0 heterocycles. The smallest absolute Gasteiger partial charge is 0.308 e. The van der Waals surface area contributed by atoms with Crippen LogP contribution in [0.15, 0.2) is 18.2 Å². The van der Waals surface area contributed by atoms with Gasteiger partial charge in [-0.05, 0) is 12.5 Å². The highest BCUT2D eigenvalue weighted by molar-refractivity contribution is 6.03. The molecule has 0 amide bonds. The predicted molar refractivity (Wildman–Crippen MR) is 95.3 cm³/mol. The van der Waals surface area contributed by atoms with Gasteiger partial charge in [-0.2, -0.15) is 0 Å². The molecule has 0 unspecified atom stereocenters. The predicted octanol–water partition coefficient (Wildman–Crippen LogP) is 3.97. The fraction of sp³-hybridized carbons (Fsp3) is 0.421. The first-order chi connectivity index (χ1) is 12.1. The van der Waals surface area contributed by atoms with E-state index < -0.39 is 5.97 Å². The minimum atomic E-state index is -0.466. The average molecular weight is 348 g/mol. The van der Waals surface area contributed by atoms with Crippen LogP contribution in [0.4, 0.5) is 0 Å². The van der Waals surface area contributed by atoms with Gasteiger partial charge in [-0.1, -0.05) is 25.5 Å². The number of unbranched alkanes of at least 4 members (excludes halogenated alkanes) is 1. The molecule has 2 aromatic rings. The molecule has 0 aliphatic heterocycles. The van der Waals surface area contributed by atoms with E-state index in [-0.39, 0.29) is 5.75 Å². The van der Waals surface area contributed by atoms with Crippen LogP contribution in [0.25, 0.3) is 10.8 Å². The zero-order chi connectivity index (χ0) is 18.4. The van der Waals surface area contributed by atoms with Crippen LogP contribution >= 0.6 is 0 Å². The molecule has 25 heavy (non-hydrogen) atoms. The molecular formula is C19H24O6. The number of carbonyl (C=O) groups is 1. The summed E-state index contributed by atoms with van der Waals surface area (Å²) in [4.78, 5) is 11.6. The van der Waals surface area contributed by atoms with E-state index in [2.05, 4.69) is 6.92 Å².